The minimum Gasteiger partial charge on any atom is -0.389 e. The molecule has 0 spiro atoms. The second kappa shape index (κ2) is 8.32. The van der Waals surface area contributed by atoms with Crippen LogP contribution < -0.4 is 11.2 Å². The normalized spacial score (nSPS) is 12.7. The molecular weight excluding hydrogens is 324 g/mol. The molecule has 0 fully saturated rings. The number of hydrogen-bond acceptors (Lipinski definition) is 5. The standard InChI is InChI=1S/C18H20N2O5/c1-11(21)6-4-5-7-12-8-9-13(16(19)22)14(10-12)15(17(23)20-25)18(2,3)24/h8-11,15,21,24-25H,1-3H3,(H2,19,22)(H,20,23)/t11-,15+/m0/s1. The molecule has 1 aromatic carbocycles. The summed E-state index contributed by atoms with van der Waals surface area (Å²) in [5.41, 5.74) is 5.80. The highest BCUT2D eigenvalue weighted by Gasteiger charge is 2.37. The molecule has 0 unspecified atom stereocenters. The van der Waals surface area contributed by atoms with Crippen molar-refractivity contribution in [3.8, 4) is 23.7 Å². The molecule has 1 aromatic rings. The Morgan fingerprint density at radius 2 is 1.92 bits per heavy atom. The van der Waals surface area contributed by atoms with Crippen molar-refractivity contribution in [3.05, 3.63) is 34.9 Å². The van der Waals surface area contributed by atoms with Crippen LogP contribution in [0, 0.1) is 23.7 Å². The van der Waals surface area contributed by atoms with E-state index in [1.807, 2.05) is 0 Å². The highest BCUT2D eigenvalue weighted by Crippen LogP contribution is 2.31. The molecule has 2 atom stereocenters. The van der Waals surface area contributed by atoms with E-state index in [9.17, 15) is 14.7 Å². The molecule has 0 saturated heterocycles. The van der Waals surface area contributed by atoms with E-state index < -0.39 is 29.4 Å². The zero-order valence-electron chi connectivity index (χ0n) is 14.1. The van der Waals surface area contributed by atoms with Gasteiger partial charge >= 0.3 is 0 Å². The van der Waals surface area contributed by atoms with E-state index in [1.54, 1.807) is 0 Å². The van der Waals surface area contributed by atoms with Crippen LogP contribution in [0.25, 0.3) is 0 Å². The molecule has 0 aliphatic carbocycles. The highest BCUT2D eigenvalue weighted by atomic mass is 16.5. The first-order valence-electron chi connectivity index (χ1n) is 7.37. The third-order valence-electron chi connectivity index (χ3n) is 3.26. The Balaban J connectivity index is 3.49. The maximum atomic E-state index is 12.0. The molecule has 7 nitrogen and oxygen atoms in total. The van der Waals surface area contributed by atoms with Crippen molar-refractivity contribution < 1.29 is 25.0 Å². The number of carbonyl (C=O) groups is 2. The van der Waals surface area contributed by atoms with Crippen molar-refractivity contribution in [1.82, 2.24) is 5.48 Å². The van der Waals surface area contributed by atoms with Crippen LogP contribution in [0.3, 0.4) is 0 Å². The molecule has 2 amide bonds. The summed E-state index contributed by atoms with van der Waals surface area (Å²) in [5.74, 6) is 7.21. The van der Waals surface area contributed by atoms with E-state index in [2.05, 4.69) is 23.7 Å². The van der Waals surface area contributed by atoms with Gasteiger partial charge in [-0.15, -0.1) is 0 Å². The predicted molar refractivity (Wildman–Crippen MR) is 90.3 cm³/mol. The summed E-state index contributed by atoms with van der Waals surface area (Å²) in [7, 11) is 0. The Kier molecular flexibility index (Phi) is 6.72. The van der Waals surface area contributed by atoms with E-state index in [1.165, 1.54) is 44.5 Å². The Bertz CT molecular complexity index is 786. The summed E-state index contributed by atoms with van der Waals surface area (Å²) in [6.45, 7) is 4.23. The lowest BCUT2D eigenvalue weighted by Crippen LogP contribution is -2.41. The van der Waals surface area contributed by atoms with Gasteiger partial charge in [0.05, 0.1) is 11.5 Å². The van der Waals surface area contributed by atoms with E-state index in [-0.39, 0.29) is 11.1 Å². The second-order valence-corrected chi connectivity index (χ2v) is 5.92. The van der Waals surface area contributed by atoms with Crippen molar-refractivity contribution in [2.24, 2.45) is 5.73 Å². The zero-order chi connectivity index (χ0) is 19.2. The largest absolute Gasteiger partial charge is 0.389 e. The molecular formula is C18H20N2O5. The monoisotopic (exact) mass is 344 g/mol. The van der Waals surface area contributed by atoms with Crippen molar-refractivity contribution in [1.29, 1.82) is 0 Å². The fraction of sp³-hybridized carbons (Fsp3) is 0.333. The topological polar surface area (TPSA) is 133 Å². The number of aliphatic hydroxyl groups excluding tert-OH is 1. The average molecular weight is 344 g/mol. The number of carbonyl (C=O) groups excluding carboxylic acids is 2. The van der Waals surface area contributed by atoms with Crippen LogP contribution in [0.2, 0.25) is 0 Å². The van der Waals surface area contributed by atoms with Gasteiger partial charge in [0.15, 0.2) is 0 Å². The first kappa shape index (κ1) is 20.2. The summed E-state index contributed by atoms with van der Waals surface area (Å²) >= 11 is 0. The van der Waals surface area contributed by atoms with Gasteiger partial charge < -0.3 is 15.9 Å². The van der Waals surface area contributed by atoms with Gasteiger partial charge in [-0.05, 0) is 56.4 Å². The van der Waals surface area contributed by atoms with E-state index in [4.69, 9.17) is 16.0 Å². The Morgan fingerprint density at radius 1 is 1.28 bits per heavy atom. The van der Waals surface area contributed by atoms with Crippen LogP contribution in [0.15, 0.2) is 18.2 Å². The van der Waals surface area contributed by atoms with Gasteiger partial charge in [0.1, 0.15) is 6.10 Å². The minimum absolute atomic E-state index is 0.0244. The van der Waals surface area contributed by atoms with Crippen LogP contribution in [0.1, 0.15) is 48.2 Å². The highest BCUT2D eigenvalue weighted by molar-refractivity contribution is 5.97. The third-order valence-corrected chi connectivity index (χ3v) is 3.26. The van der Waals surface area contributed by atoms with Crippen LogP contribution in [0.4, 0.5) is 0 Å². The van der Waals surface area contributed by atoms with E-state index in [0.29, 0.717) is 5.56 Å². The molecule has 132 valence electrons. The minimum atomic E-state index is -1.59. The number of nitrogens with one attached hydrogen (secondary N) is 1. The zero-order valence-corrected chi connectivity index (χ0v) is 14.1. The molecule has 6 N–H and O–H groups in total. The first-order valence-corrected chi connectivity index (χ1v) is 7.37. The van der Waals surface area contributed by atoms with E-state index in [0.717, 1.165) is 0 Å². The van der Waals surface area contributed by atoms with Crippen molar-refractivity contribution >= 4 is 11.8 Å². The van der Waals surface area contributed by atoms with Crippen LogP contribution >= 0.6 is 0 Å². The van der Waals surface area contributed by atoms with Gasteiger partial charge in [-0.25, -0.2) is 5.48 Å². The number of hydrogen-bond donors (Lipinski definition) is 5. The summed E-state index contributed by atoms with van der Waals surface area (Å²) in [5, 5.41) is 28.3. The SMILES string of the molecule is C[C@H](O)C#CC#Cc1ccc(C(N)=O)c([C@H](C(=O)NO)C(C)(C)O)c1. The van der Waals surface area contributed by atoms with E-state index >= 15 is 0 Å². The Hall–Kier alpha value is -2.84. The van der Waals surface area contributed by atoms with Crippen LogP contribution in [-0.2, 0) is 4.79 Å². The van der Waals surface area contributed by atoms with Gasteiger partial charge in [-0.3, -0.25) is 14.8 Å². The summed E-state index contributed by atoms with van der Waals surface area (Å²) in [6.07, 6.45) is -0.810. The number of hydroxylamine groups is 1. The number of aliphatic hydroxyl groups is 2. The van der Waals surface area contributed by atoms with Gasteiger partial charge in [0.25, 0.3) is 5.91 Å². The molecule has 0 bridgehead atoms. The maximum absolute atomic E-state index is 12.0. The second-order valence-electron chi connectivity index (χ2n) is 5.92. The molecule has 0 radical (unpaired) electrons. The molecule has 0 heterocycles. The molecule has 25 heavy (non-hydrogen) atoms. The maximum Gasteiger partial charge on any atom is 0.253 e. The fourth-order valence-electron chi connectivity index (χ4n) is 2.25. The van der Waals surface area contributed by atoms with Crippen LogP contribution in [-0.4, -0.2) is 38.9 Å². The molecule has 0 aliphatic rings. The number of rotatable bonds is 4. The number of primary amides is 1. The van der Waals surface area contributed by atoms with Gasteiger partial charge in [0, 0.05) is 11.1 Å². The van der Waals surface area contributed by atoms with Gasteiger partial charge in [-0.1, -0.05) is 11.8 Å². The molecule has 1 rings (SSSR count). The van der Waals surface area contributed by atoms with Crippen molar-refractivity contribution in [2.75, 3.05) is 0 Å². The average Bonchev–Trinajstić information content (AvgIpc) is 2.50. The summed E-state index contributed by atoms with van der Waals surface area (Å²) in [4.78, 5) is 23.7. The first-order chi connectivity index (χ1) is 11.6. The number of amides is 2. The molecule has 7 heteroatoms. The molecule has 0 aliphatic heterocycles. The predicted octanol–water partition coefficient (Wildman–Crippen LogP) is -0.119. The van der Waals surface area contributed by atoms with Crippen molar-refractivity contribution in [2.45, 2.75) is 38.4 Å². The molecule has 0 saturated carbocycles. The van der Waals surface area contributed by atoms with Crippen molar-refractivity contribution in [3.63, 3.8) is 0 Å². The lowest BCUT2D eigenvalue weighted by Gasteiger charge is -2.29. The number of nitrogens with two attached hydrogens (primary N) is 1. The quantitative estimate of drug-likeness (QED) is 0.295. The summed E-state index contributed by atoms with van der Waals surface area (Å²) in [6, 6.07) is 4.32. The Labute approximate surface area is 145 Å². The fourth-order valence-corrected chi connectivity index (χ4v) is 2.25. The van der Waals surface area contributed by atoms with Gasteiger partial charge in [-0.2, -0.15) is 0 Å². The van der Waals surface area contributed by atoms with Gasteiger partial charge in [0.2, 0.25) is 5.91 Å². The summed E-state index contributed by atoms with van der Waals surface area (Å²) < 4.78 is 0. The Morgan fingerprint density at radius 3 is 2.40 bits per heavy atom. The third kappa shape index (κ3) is 5.63. The lowest BCUT2D eigenvalue weighted by atomic mass is 9.81. The number of benzene rings is 1. The smallest absolute Gasteiger partial charge is 0.253 e. The molecule has 0 aromatic heterocycles. The lowest BCUT2D eigenvalue weighted by molar-refractivity contribution is -0.136. The van der Waals surface area contributed by atoms with Crippen LogP contribution in [0.5, 0.6) is 0 Å².